The van der Waals surface area contributed by atoms with E-state index >= 15 is 0 Å². The van der Waals surface area contributed by atoms with Gasteiger partial charge in [0.05, 0.1) is 12.3 Å². The number of carbonyl (C=O) groups is 2. The Labute approximate surface area is 199 Å². The maximum Gasteiger partial charge on any atom is 0.194 e. The fourth-order valence-corrected chi connectivity index (χ4v) is 5.28. The number of aryl methyl sites for hydroxylation is 1. The minimum atomic E-state index is -1.40. The van der Waals surface area contributed by atoms with Crippen LogP contribution in [-0.4, -0.2) is 33.0 Å². The Morgan fingerprint density at radius 2 is 1.88 bits per heavy atom. The summed E-state index contributed by atoms with van der Waals surface area (Å²) in [5, 5.41) is 11.2. The van der Waals surface area contributed by atoms with Crippen LogP contribution in [0.3, 0.4) is 0 Å². The van der Waals surface area contributed by atoms with Crippen molar-refractivity contribution in [2.45, 2.75) is 51.2 Å². The van der Waals surface area contributed by atoms with Gasteiger partial charge in [-0.05, 0) is 62.3 Å². The molecule has 1 saturated carbocycles. The van der Waals surface area contributed by atoms with E-state index in [-0.39, 0.29) is 17.5 Å². The summed E-state index contributed by atoms with van der Waals surface area (Å²) in [4.78, 5) is 35.2. The van der Waals surface area contributed by atoms with E-state index in [1.165, 1.54) is 0 Å². The standard InChI is InChI=1S/C29H28N2O3/c1-19-14-23(11-13-30-19)27-25-16-22(9-10-24(25)18-31-27)26(32)15-20-6-5-12-29(34,17-20)28(33)21-7-3-2-4-8-21/h2-4,7-11,13-14,16,20,34H,5-6,12,15,17-18H2,1H3. The lowest BCUT2D eigenvalue weighted by atomic mass is 9.72. The number of hydrogen-bond acceptors (Lipinski definition) is 5. The molecule has 1 N–H and O–H groups in total. The van der Waals surface area contributed by atoms with Crippen LogP contribution < -0.4 is 0 Å². The molecule has 2 aromatic carbocycles. The smallest absolute Gasteiger partial charge is 0.194 e. The van der Waals surface area contributed by atoms with Crippen molar-refractivity contribution in [2.75, 3.05) is 0 Å². The van der Waals surface area contributed by atoms with Crippen LogP contribution in [0.15, 0.2) is 71.9 Å². The Balaban J connectivity index is 1.32. The average molecular weight is 453 g/mol. The molecule has 2 heterocycles. The summed E-state index contributed by atoms with van der Waals surface area (Å²) in [5.74, 6) is -0.221. The number of fused-ring (bicyclic) bond motifs is 1. The number of hydrogen-bond donors (Lipinski definition) is 1. The van der Waals surface area contributed by atoms with Gasteiger partial charge in [0.25, 0.3) is 0 Å². The fraction of sp³-hybridized carbons (Fsp3) is 0.310. The van der Waals surface area contributed by atoms with E-state index < -0.39 is 5.60 Å². The number of benzene rings is 2. The van der Waals surface area contributed by atoms with Crippen LogP contribution in [0.4, 0.5) is 0 Å². The molecule has 5 rings (SSSR count). The zero-order valence-electron chi connectivity index (χ0n) is 19.3. The molecular formula is C29H28N2O3. The van der Waals surface area contributed by atoms with Gasteiger partial charge in [-0.2, -0.15) is 0 Å². The van der Waals surface area contributed by atoms with Crippen LogP contribution in [0.2, 0.25) is 0 Å². The number of pyridine rings is 1. The highest BCUT2D eigenvalue weighted by Crippen LogP contribution is 2.37. The first-order valence-corrected chi connectivity index (χ1v) is 11.9. The SMILES string of the molecule is Cc1cc(C2=NCc3ccc(C(=O)CC4CCCC(O)(C(=O)c5ccccc5)C4)cc32)ccn1. The van der Waals surface area contributed by atoms with Crippen molar-refractivity contribution < 1.29 is 14.7 Å². The number of aliphatic imine (C=N–C) groups is 1. The largest absolute Gasteiger partial charge is 0.382 e. The van der Waals surface area contributed by atoms with Crippen LogP contribution in [-0.2, 0) is 6.54 Å². The minimum Gasteiger partial charge on any atom is -0.382 e. The number of aliphatic hydroxyl groups is 1. The normalized spacial score (nSPS) is 21.6. The second-order valence-electron chi connectivity index (χ2n) is 9.54. The van der Waals surface area contributed by atoms with E-state index in [1.54, 1.807) is 30.5 Å². The van der Waals surface area contributed by atoms with E-state index in [9.17, 15) is 14.7 Å². The monoisotopic (exact) mass is 452 g/mol. The molecule has 1 aliphatic carbocycles. The number of carbonyl (C=O) groups excluding carboxylic acids is 2. The Morgan fingerprint density at radius 3 is 2.68 bits per heavy atom. The quantitative estimate of drug-likeness (QED) is 0.527. The lowest BCUT2D eigenvalue weighted by Crippen LogP contribution is -2.43. The molecule has 1 aliphatic heterocycles. The van der Waals surface area contributed by atoms with Crippen LogP contribution in [0.1, 0.15) is 75.2 Å². The van der Waals surface area contributed by atoms with Crippen molar-refractivity contribution >= 4 is 17.3 Å². The summed E-state index contributed by atoms with van der Waals surface area (Å²) in [6, 6.07) is 18.7. The second-order valence-corrected chi connectivity index (χ2v) is 9.54. The fourth-order valence-electron chi connectivity index (χ4n) is 5.28. The maximum atomic E-state index is 13.2. The minimum absolute atomic E-state index is 0.0249. The van der Waals surface area contributed by atoms with E-state index in [4.69, 9.17) is 4.99 Å². The summed E-state index contributed by atoms with van der Waals surface area (Å²) >= 11 is 0. The Bertz CT molecular complexity index is 1280. The van der Waals surface area contributed by atoms with Gasteiger partial charge in [-0.1, -0.05) is 42.5 Å². The molecule has 2 atom stereocenters. The van der Waals surface area contributed by atoms with Crippen LogP contribution in [0.5, 0.6) is 0 Å². The first kappa shape index (κ1) is 22.4. The third kappa shape index (κ3) is 4.36. The third-order valence-electron chi connectivity index (χ3n) is 7.03. The molecule has 3 aromatic rings. The van der Waals surface area contributed by atoms with E-state index in [1.807, 2.05) is 43.3 Å². The molecule has 5 heteroatoms. The molecule has 2 aliphatic rings. The van der Waals surface area contributed by atoms with Crippen molar-refractivity contribution in [2.24, 2.45) is 10.9 Å². The molecule has 5 nitrogen and oxygen atoms in total. The van der Waals surface area contributed by atoms with E-state index in [2.05, 4.69) is 4.98 Å². The number of ketones is 2. The predicted octanol–water partition coefficient (Wildman–Crippen LogP) is 5.12. The highest BCUT2D eigenvalue weighted by Gasteiger charge is 2.41. The van der Waals surface area contributed by atoms with Crippen LogP contribution >= 0.6 is 0 Å². The summed E-state index contributed by atoms with van der Waals surface area (Å²) in [6.07, 6.45) is 4.43. The summed E-state index contributed by atoms with van der Waals surface area (Å²) in [5.41, 5.74) is 4.72. The molecule has 0 radical (unpaired) electrons. The Morgan fingerprint density at radius 1 is 1.06 bits per heavy atom. The molecule has 2 unspecified atom stereocenters. The molecular weight excluding hydrogens is 424 g/mol. The summed E-state index contributed by atoms with van der Waals surface area (Å²) in [6.45, 7) is 2.56. The molecule has 1 aromatic heterocycles. The van der Waals surface area contributed by atoms with E-state index in [0.717, 1.165) is 40.9 Å². The maximum absolute atomic E-state index is 13.2. The number of aromatic nitrogens is 1. The van der Waals surface area contributed by atoms with Gasteiger partial charge >= 0.3 is 0 Å². The molecule has 0 saturated heterocycles. The molecule has 34 heavy (non-hydrogen) atoms. The number of Topliss-reactive ketones (excluding diaryl/α,β-unsaturated/α-hetero) is 2. The first-order valence-electron chi connectivity index (χ1n) is 11.9. The topological polar surface area (TPSA) is 79.6 Å². The van der Waals surface area contributed by atoms with Gasteiger partial charge in [-0.15, -0.1) is 0 Å². The van der Waals surface area contributed by atoms with Gasteiger partial charge in [0.15, 0.2) is 11.6 Å². The second kappa shape index (κ2) is 9.07. The molecule has 1 fully saturated rings. The lowest BCUT2D eigenvalue weighted by Gasteiger charge is -2.35. The zero-order valence-corrected chi connectivity index (χ0v) is 19.3. The predicted molar refractivity (Wildman–Crippen MR) is 131 cm³/mol. The number of nitrogens with zero attached hydrogens (tertiary/aromatic N) is 2. The number of rotatable bonds is 6. The zero-order chi connectivity index (χ0) is 23.7. The molecule has 0 spiro atoms. The highest BCUT2D eigenvalue weighted by atomic mass is 16.3. The van der Waals surface area contributed by atoms with Crippen molar-refractivity contribution in [3.8, 4) is 0 Å². The van der Waals surface area contributed by atoms with Crippen molar-refractivity contribution in [1.29, 1.82) is 0 Å². The van der Waals surface area contributed by atoms with Gasteiger partial charge in [0.1, 0.15) is 5.60 Å². The van der Waals surface area contributed by atoms with Crippen LogP contribution in [0, 0.1) is 12.8 Å². The van der Waals surface area contributed by atoms with Crippen molar-refractivity contribution in [1.82, 2.24) is 4.98 Å². The van der Waals surface area contributed by atoms with Crippen molar-refractivity contribution in [3.05, 3.63) is 100 Å². The van der Waals surface area contributed by atoms with Gasteiger partial charge in [-0.25, -0.2) is 0 Å². The van der Waals surface area contributed by atoms with Gasteiger partial charge < -0.3 is 5.11 Å². The van der Waals surface area contributed by atoms with Gasteiger partial charge in [-0.3, -0.25) is 19.6 Å². The highest BCUT2D eigenvalue weighted by molar-refractivity contribution is 6.16. The molecule has 0 bridgehead atoms. The Hall–Kier alpha value is -3.44. The summed E-state index contributed by atoms with van der Waals surface area (Å²) < 4.78 is 0. The molecule has 0 amide bonds. The van der Waals surface area contributed by atoms with Gasteiger partial charge in [0, 0.05) is 40.6 Å². The van der Waals surface area contributed by atoms with Gasteiger partial charge in [0.2, 0.25) is 0 Å². The van der Waals surface area contributed by atoms with E-state index in [0.29, 0.717) is 36.9 Å². The van der Waals surface area contributed by atoms with Crippen molar-refractivity contribution in [3.63, 3.8) is 0 Å². The molecule has 172 valence electrons. The Kier molecular flexibility index (Phi) is 5.96. The first-order chi connectivity index (χ1) is 16.4. The average Bonchev–Trinajstić information content (AvgIpc) is 3.27. The lowest BCUT2D eigenvalue weighted by molar-refractivity contribution is -0.00253. The summed E-state index contributed by atoms with van der Waals surface area (Å²) in [7, 11) is 0. The van der Waals surface area contributed by atoms with Crippen LogP contribution in [0.25, 0.3) is 0 Å². The third-order valence-corrected chi connectivity index (χ3v) is 7.03.